The van der Waals surface area contributed by atoms with Crippen LogP contribution in [0.25, 0.3) is 6.08 Å². The number of nitrogens with two attached hydrogens (primary N) is 1. The maximum Gasteiger partial charge on any atom is 1.00 e. The van der Waals surface area contributed by atoms with E-state index in [1.807, 2.05) is 0 Å². The van der Waals surface area contributed by atoms with Gasteiger partial charge in [-0.1, -0.05) is 18.7 Å². The number of halogens is 3. The van der Waals surface area contributed by atoms with Gasteiger partial charge in [-0.3, -0.25) is 0 Å². The van der Waals surface area contributed by atoms with Crippen LogP contribution < -0.4 is 24.0 Å². The van der Waals surface area contributed by atoms with E-state index in [0.29, 0.717) is 6.07 Å². The Kier molecular flexibility index (Phi) is 5.67. The van der Waals surface area contributed by atoms with Crippen molar-refractivity contribution in [2.75, 3.05) is 0 Å². The van der Waals surface area contributed by atoms with Crippen LogP contribution in [-0.4, -0.2) is 22.3 Å². The SMILES string of the molecule is C=Cc1ccc(S(N)(=O)=O)cc1S(=O)(=O)C(F)(F)F.[H-].[Li+]. The molecule has 0 bridgehead atoms. The number of sulfone groups is 1. The minimum atomic E-state index is -5.69. The van der Waals surface area contributed by atoms with Crippen LogP contribution in [0.5, 0.6) is 0 Å². The van der Waals surface area contributed by atoms with Crippen LogP contribution in [-0.2, 0) is 19.9 Å². The van der Waals surface area contributed by atoms with E-state index in [1.54, 1.807) is 0 Å². The Bertz CT molecular complexity index is 732. The first kappa shape index (κ1) is 19.2. The van der Waals surface area contributed by atoms with Crippen LogP contribution in [0.2, 0.25) is 0 Å². The molecule has 0 radical (unpaired) electrons. The number of alkyl halides is 3. The zero-order chi connectivity index (χ0) is 15.1. The number of hydrogen-bond acceptors (Lipinski definition) is 4. The molecular weight excluding hydrogens is 314 g/mol. The third-order valence-corrected chi connectivity index (χ3v) is 4.58. The van der Waals surface area contributed by atoms with Crippen molar-refractivity contribution in [2.24, 2.45) is 5.14 Å². The van der Waals surface area contributed by atoms with Crippen LogP contribution in [0.1, 0.15) is 6.99 Å². The van der Waals surface area contributed by atoms with E-state index in [0.717, 1.165) is 18.2 Å². The Morgan fingerprint density at radius 2 is 1.70 bits per heavy atom. The molecule has 0 spiro atoms. The monoisotopic (exact) mass is 323 g/mol. The molecule has 2 N–H and O–H groups in total. The minimum Gasteiger partial charge on any atom is -1.00 e. The van der Waals surface area contributed by atoms with Gasteiger partial charge in [0.15, 0.2) is 0 Å². The molecular formula is C9H9F3LiNO4S2. The van der Waals surface area contributed by atoms with Crippen molar-refractivity contribution in [1.82, 2.24) is 0 Å². The number of rotatable bonds is 3. The molecule has 0 heterocycles. The number of primary sulfonamides is 1. The largest absolute Gasteiger partial charge is 1.00 e. The Morgan fingerprint density at radius 1 is 1.20 bits per heavy atom. The van der Waals surface area contributed by atoms with E-state index >= 15 is 0 Å². The summed E-state index contributed by atoms with van der Waals surface area (Å²) < 4.78 is 82.1. The standard InChI is InChI=1S/C9H8F3NO4S2.Li.H/c1-2-6-3-4-7(19(13,16)17)5-8(6)18(14,15)9(10,11)12;;/h2-5H,1H2,(H2,13,16,17);;/q;+1;-1. The first-order valence-electron chi connectivity index (χ1n) is 4.52. The van der Waals surface area contributed by atoms with Gasteiger partial charge in [0.2, 0.25) is 10.0 Å². The van der Waals surface area contributed by atoms with Crippen molar-refractivity contribution in [3.05, 3.63) is 30.3 Å². The van der Waals surface area contributed by atoms with Gasteiger partial charge < -0.3 is 1.43 Å². The molecule has 1 aromatic carbocycles. The molecule has 0 atom stereocenters. The summed E-state index contributed by atoms with van der Waals surface area (Å²) in [6.45, 7) is 3.17. The van der Waals surface area contributed by atoms with Crippen LogP contribution in [0.3, 0.4) is 0 Å². The Labute approximate surface area is 127 Å². The van der Waals surface area contributed by atoms with Crippen molar-refractivity contribution in [2.45, 2.75) is 15.3 Å². The van der Waals surface area contributed by atoms with Crippen LogP contribution in [0.15, 0.2) is 34.6 Å². The van der Waals surface area contributed by atoms with Crippen molar-refractivity contribution < 1.29 is 50.3 Å². The quantitative estimate of drug-likeness (QED) is 0.677. The van der Waals surface area contributed by atoms with E-state index in [1.165, 1.54) is 0 Å². The molecule has 0 aromatic heterocycles. The molecule has 0 fully saturated rings. The molecule has 108 valence electrons. The second kappa shape index (κ2) is 5.91. The molecule has 0 saturated heterocycles. The summed E-state index contributed by atoms with van der Waals surface area (Å²) >= 11 is 0. The number of sulfonamides is 1. The maximum absolute atomic E-state index is 12.5. The average molecular weight is 323 g/mol. The zero-order valence-corrected chi connectivity index (χ0v) is 11.8. The summed E-state index contributed by atoms with van der Waals surface area (Å²) in [7, 11) is -10.0. The summed E-state index contributed by atoms with van der Waals surface area (Å²) in [5, 5.41) is 4.74. The molecule has 1 rings (SSSR count). The molecule has 0 aliphatic rings. The van der Waals surface area contributed by atoms with E-state index in [4.69, 9.17) is 5.14 Å². The van der Waals surface area contributed by atoms with Gasteiger partial charge in [0.05, 0.1) is 9.79 Å². The molecule has 20 heavy (non-hydrogen) atoms. The molecule has 0 unspecified atom stereocenters. The third-order valence-electron chi connectivity index (χ3n) is 2.13. The van der Waals surface area contributed by atoms with Crippen molar-refractivity contribution in [3.63, 3.8) is 0 Å². The first-order chi connectivity index (χ1) is 8.41. The summed E-state index contributed by atoms with van der Waals surface area (Å²) in [4.78, 5) is -1.94. The van der Waals surface area contributed by atoms with Gasteiger partial charge in [-0.05, 0) is 17.7 Å². The summed E-state index contributed by atoms with van der Waals surface area (Å²) in [5.74, 6) is 0. The summed E-state index contributed by atoms with van der Waals surface area (Å²) in [6, 6.07) is 2.13. The average Bonchev–Trinajstić information content (AvgIpc) is 2.25. The molecule has 0 saturated carbocycles. The summed E-state index contributed by atoms with van der Waals surface area (Å²) in [6.07, 6.45) is 0.867. The van der Waals surface area contributed by atoms with Gasteiger partial charge in [-0.25, -0.2) is 22.0 Å². The maximum atomic E-state index is 12.5. The Balaban J connectivity index is 0. The predicted molar refractivity (Wildman–Crippen MR) is 62.3 cm³/mol. The van der Waals surface area contributed by atoms with Gasteiger partial charge in [0, 0.05) is 0 Å². The third kappa shape index (κ3) is 3.65. The number of benzene rings is 1. The van der Waals surface area contributed by atoms with Crippen LogP contribution in [0.4, 0.5) is 13.2 Å². The van der Waals surface area contributed by atoms with Crippen molar-refractivity contribution >= 4 is 25.9 Å². The molecule has 1 aromatic rings. The van der Waals surface area contributed by atoms with Gasteiger partial charge in [-0.2, -0.15) is 13.2 Å². The Morgan fingerprint density at radius 3 is 2.05 bits per heavy atom. The second-order valence-corrected chi connectivity index (χ2v) is 6.87. The molecule has 0 aliphatic heterocycles. The fourth-order valence-electron chi connectivity index (χ4n) is 1.22. The molecule has 0 aliphatic carbocycles. The molecule has 0 amide bonds. The van der Waals surface area contributed by atoms with E-state index in [9.17, 15) is 30.0 Å². The fourth-order valence-corrected chi connectivity index (χ4v) is 2.83. The second-order valence-electron chi connectivity index (χ2n) is 3.40. The Hall–Kier alpha value is -0.793. The normalized spacial score (nSPS) is 12.6. The summed E-state index contributed by atoms with van der Waals surface area (Å²) in [5.41, 5.74) is -5.92. The molecule has 11 heteroatoms. The topological polar surface area (TPSA) is 94.3 Å². The van der Waals surface area contributed by atoms with Gasteiger partial charge in [-0.15, -0.1) is 0 Å². The predicted octanol–water partition coefficient (Wildman–Crippen LogP) is -1.61. The van der Waals surface area contributed by atoms with Gasteiger partial charge in [0.25, 0.3) is 9.84 Å². The van der Waals surface area contributed by atoms with Crippen LogP contribution in [0, 0.1) is 0 Å². The van der Waals surface area contributed by atoms with E-state index < -0.39 is 35.2 Å². The first-order valence-corrected chi connectivity index (χ1v) is 7.55. The fraction of sp³-hybridized carbons (Fsp3) is 0.111. The van der Waals surface area contributed by atoms with Gasteiger partial charge >= 0.3 is 24.4 Å². The van der Waals surface area contributed by atoms with E-state index in [2.05, 4.69) is 6.58 Å². The van der Waals surface area contributed by atoms with Gasteiger partial charge in [0.1, 0.15) is 0 Å². The van der Waals surface area contributed by atoms with Crippen LogP contribution >= 0.6 is 0 Å². The number of hydrogen-bond donors (Lipinski definition) is 1. The van der Waals surface area contributed by atoms with Crippen molar-refractivity contribution in [3.8, 4) is 0 Å². The molecule has 5 nitrogen and oxygen atoms in total. The van der Waals surface area contributed by atoms with Crippen molar-refractivity contribution in [1.29, 1.82) is 0 Å². The smallest absolute Gasteiger partial charge is 1.00 e. The zero-order valence-electron chi connectivity index (χ0n) is 11.2. The van der Waals surface area contributed by atoms with E-state index in [-0.39, 0.29) is 25.9 Å². The minimum absolute atomic E-state index is 0.